The lowest BCUT2D eigenvalue weighted by atomic mass is 10.1. The van der Waals surface area contributed by atoms with Crippen LogP contribution in [0.3, 0.4) is 0 Å². The average Bonchev–Trinajstić information content (AvgIpc) is 3.10. The van der Waals surface area contributed by atoms with E-state index in [1.54, 1.807) is 37.5 Å². The van der Waals surface area contributed by atoms with Crippen LogP contribution in [-0.4, -0.2) is 28.6 Å². The van der Waals surface area contributed by atoms with E-state index in [0.717, 1.165) is 16.5 Å². The third kappa shape index (κ3) is 3.37. The number of anilines is 1. The second-order valence-electron chi connectivity index (χ2n) is 7.26. The van der Waals surface area contributed by atoms with Crippen molar-refractivity contribution in [3.8, 4) is 5.75 Å². The summed E-state index contributed by atoms with van der Waals surface area (Å²) < 4.78 is 7.29. The van der Waals surface area contributed by atoms with Gasteiger partial charge >= 0.3 is 0 Å². The van der Waals surface area contributed by atoms with Crippen LogP contribution in [0.5, 0.6) is 5.75 Å². The molecule has 4 rings (SSSR count). The van der Waals surface area contributed by atoms with Gasteiger partial charge in [0, 0.05) is 28.7 Å². The van der Waals surface area contributed by atoms with Crippen molar-refractivity contribution >= 4 is 51.8 Å². The standard InChI is InChI=1S/C23H21N3O3S/c1-14(2)25-13-15(18-6-4-5-7-20(18)25)12-19-21(27)24-23(30)26(22(19)28)16-8-10-17(29-3)11-9-16/h4-14H,1-3H3,(H,24,27,30)/b19-12+. The van der Waals surface area contributed by atoms with Gasteiger partial charge in [0.25, 0.3) is 11.8 Å². The lowest BCUT2D eigenvalue weighted by Crippen LogP contribution is -2.54. The van der Waals surface area contributed by atoms with E-state index in [1.807, 2.05) is 30.5 Å². The van der Waals surface area contributed by atoms with Crippen LogP contribution in [0.2, 0.25) is 0 Å². The first-order chi connectivity index (χ1) is 14.4. The Hall–Kier alpha value is -3.45. The van der Waals surface area contributed by atoms with Crippen molar-refractivity contribution in [2.45, 2.75) is 19.9 Å². The number of fused-ring (bicyclic) bond motifs is 1. The summed E-state index contributed by atoms with van der Waals surface area (Å²) >= 11 is 5.27. The Morgan fingerprint density at radius 2 is 1.77 bits per heavy atom. The molecule has 7 heteroatoms. The molecule has 2 heterocycles. The maximum Gasteiger partial charge on any atom is 0.270 e. The number of carbonyl (C=O) groups is 2. The van der Waals surface area contributed by atoms with Gasteiger partial charge in [-0.25, -0.2) is 0 Å². The molecule has 1 aromatic heterocycles. The van der Waals surface area contributed by atoms with Gasteiger partial charge in [0.2, 0.25) is 0 Å². The first kappa shape index (κ1) is 19.8. The largest absolute Gasteiger partial charge is 0.497 e. The summed E-state index contributed by atoms with van der Waals surface area (Å²) in [5, 5.41) is 3.65. The van der Waals surface area contributed by atoms with Crippen LogP contribution in [-0.2, 0) is 9.59 Å². The number of thiocarbonyl (C=S) groups is 1. The molecule has 152 valence electrons. The molecule has 1 saturated heterocycles. The molecule has 1 N–H and O–H groups in total. The third-order valence-corrected chi connectivity index (χ3v) is 5.34. The molecule has 2 amide bonds. The van der Waals surface area contributed by atoms with Gasteiger partial charge < -0.3 is 9.30 Å². The Morgan fingerprint density at radius 1 is 1.07 bits per heavy atom. The van der Waals surface area contributed by atoms with Crippen LogP contribution in [0, 0.1) is 0 Å². The molecule has 6 nitrogen and oxygen atoms in total. The normalized spacial score (nSPS) is 15.9. The van der Waals surface area contributed by atoms with E-state index < -0.39 is 11.8 Å². The number of methoxy groups -OCH3 is 1. The highest BCUT2D eigenvalue weighted by Gasteiger charge is 2.34. The van der Waals surface area contributed by atoms with Gasteiger partial charge in [-0.1, -0.05) is 18.2 Å². The first-order valence-electron chi connectivity index (χ1n) is 9.56. The highest BCUT2D eigenvalue weighted by molar-refractivity contribution is 7.80. The number of carbonyl (C=O) groups excluding carboxylic acids is 2. The summed E-state index contributed by atoms with van der Waals surface area (Å²) in [7, 11) is 1.57. The molecule has 1 aliphatic heterocycles. The fourth-order valence-corrected chi connectivity index (χ4v) is 3.83. The summed E-state index contributed by atoms with van der Waals surface area (Å²) in [6, 6.07) is 15.1. The number of nitrogens with one attached hydrogen (secondary N) is 1. The van der Waals surface area contributed by atoms with Crippen molar-refractivity contribution in [3.63, 3.8) is 0 Å². The summed E-state index contributed by atoms with van der Waals surface area (Å²) in [6.45, 7) is 4.18. The number of para-hydroxylation sites is 1. The average molecular weight is 420 g/mol. The van der Waals surface area contributed by atoms with Gasteiger partial charge in [0.05, 0.1) is 12.8 Å². The van der Waals surface area contributed by atoms with E-state index in [-0.39, 0.29) is 16.7 Å². The lowest BCUT2D eigenvalue weighted by molar-refractivity contribution is -0.122. The number of benzene rings is 2. The monoisotopic (exact) mass is 419 g/mol. The van der Waals surface area contributed by atoms with Gasteiger partial charge in [-0.3, -0.25) is 19.8 Å². The van der Waals surface area contributed by atoms with Gasteiger partial charge in [-0.05, 0) is 62.5 Å². The van der Waals surface area contributed by atoms with Crippen molar-refractivity contribution in [1.82, 2.24) is 9.88 Å². The van der Waals surface area contributed by atoms with Crippen LogP contribution in [0.15, 0.2) is 60.3 Å². The summed E-state index contributed by atoms with van der Waals surface area (Å²) in [5.41, 5.74) is 2.44. The molecule has 2 aromatic carbocycles. The summed E-state index contributed by atoms with van der Waals surface area (Å²) in [4.78, 5) is 27.2. The van der Waals surface area contributed by atoms with Crippen molar-refractivity contribution in [2.24, 2.45) is 0 Å². The quantitative estimate of drug-likeness (QED) is 0.394. The van der Waals surface area contributed by atoms with E-state index in [2.05, 4.69) is 23.7 Å². The number of ether oxygens (including phenoxy) is 1. The van der Waals surface area contributed by atoms with Gasteiger partial charge in [-0.2, -0.15) is 0 Å². The number of nitrogens with zero attached hydrogens (tertiary/aromatic N) is 2. The van der Waals surface area contributed by atoms with E-state index >= 15 is 0 Å². The van der Waals surface area contributed by atoms with Crippen LogP contribution < -0.4 is 15.0 Å². The molecule has 30 heavy (non-hydrogen) atoms. The molecule has 0 unspecified atom stereocenters. The van der Waals surface area contributed by atoms with Crippen LogP contribution in [0.25, 0.3) is 17.0 Å². The van der Waals surface area contributed by atoms with Crippen molar-refractivity contribution in [3.05, 3.63) is 65.9 Å². The van der Waals surface area contributed by atoms with E-state index in [4.69, 9.17) is 17.0 Å². The zero-order valence-corrected chi connectivity index (χ0v) is 17.7. The predicted octanol–water partition coefficient (Wildman–Crippen LogP) is 4.06. The molecule has 0 aliphatic carbocycles. The number of hydrogen-bond acceptors (Lipinski definition) is 4. The molecule has 0 atom stereocenters. The maximum absolute atomic E-state index is 13.3. The first-order valence-corrected chi connectivity index (χ1v) is 9.96. The Kier molecular flexibility index (Phi) is 5.13. The summed E-state index contributed by atoms with van der Waals surface area (Å²) in [5.74, 6) is -0.304. The van der Waals surface area contributed by atoms with Crippen molar-refractivity contribution in [1.29, 1.82) is 0 Å². The molecule has 0 spiro atoms. The minimum atomic E-state index is -0.504. The third-order valence-electron chi connectivity index (χ3n) is 5.06. The smallest absolute Gasteiger partial charge is 0.270 e. The Bertz CT molecular complexity index is 1190. The Labute approximate surface area is 179 Å². The van der Waals surface area contributed by atoms with Gasteiger partial charge in [0.15, 0.2) is 5.11 Å². The number of amides is 2. The van der Waals surface area contributed by atoms with Crippen LogP contribution in [0.4, 0.5) is 5.69 Å². The second kappa shape index (κ2) is 7.76. The predicted molar refractivity (Wildman–Crippen MR) is 122 cm³/mol. The number of hydrogen-bond donors (Lipinski definition) is 1. The molecule has 0 bridgehead atoms. The van der Waals surface area contributed by atoms with Gasteiger partial charge in [-0.15, -0.1) is 0 Å². The molecule has 3 aromatic rings. The van der Waals surface area contributed by atoms with E-state index in [1.165, 1.54) is 4.90 Å². The zero-order chi connectivity index (χ0) is 21.4. The summed E-state index contributed by atoms with van der Waals surface area (Å²) in [6.07, 6.45) is 3.60. The Morgan fingerprint density at radius 3 is 2.43 bits per heavy atom. The molecule has 1 fully saturated rings. The molecule has 0 saturated carbocycles. The van der Waals surface area contributed by atoms with Crippen LogP contribution >= 0.6 is 12.2 Å². The molecular formula is C23H21N3O3S. The van der Waals surface area contributed by atoms with E-state index in [9.17, 15) is 9.59 Å². The SMILES string of the molecule is COc1ccc(N2C(=O)/C(=C/c3cn(C(C)C)c4ccccc34)C(=O)NC2=S)cc1. The minimum absolute atomic E-state index is 0.0334. The fourth-order valence-electron chi connectivity index (χ4n) is 3.55. The highest BCUT2D eigenvalue weighted by atomic mass is 32.1. The second-order valence-corrected chi connectivity index (χ2v) is 7.65. The maximum atomic E-state index is 13.3. The number of aromatic nitrogens is 1. The van der Waals surface area contributed by atoms with Gasteiger partial charge in [0.1, 0.15) is 11.3 Å². The molecule has 0 radical (unpaired) electrons. The van der Waals surface area contributed by atoms with Crippen molar-refractivity contribution < 1.29 is 14.3 Å². The zero-order valence-electron chi connectivity index (χ0n) is 16.9. The van der Waals surface area contributed by atoms with Crippen molar-refractivity contribution in [2.75, 3.05) is 12.0 Å². The van der Waals surface area contributed by atoms with Crippen LogP contribution in [0.1, 0.15) is 25.5 Å². The highest BCUT2D eigenvalue weighted by Crippen LogP contribution is 2.29. The topological polar surface area (TPSA) is 63.6 Å². The molecule has 1 aliphatic rings. The molecular weight excluding hydrogens is 398 g/mol. The lowest BCUT2D eigenvalue weighted by Gasteiger charge is -2.29. The Balaban J connectivity index is 1.79. The minimum Gasteiger partial charge on any atom is -0.497 e. The van der Waals surface area contributed by atoms with E-state index in [0.29, 0.717) is 11.4 Å². The fraction of sp³-hybridized carbons (Fsp3) is 0.174. The number of rotatable bonds is 4.